The summed E-state index contributed by atoms with van der Waals surface area (Å²) in [4.78, 5) is 0. The monoisotopic (exact) mass is 286 g/mol. The molecule has 0 atom stereocenters. The predicted octanol–water partition coefficient (Wildman–Crippen LogP) is -1.08. The highest BCUT2D eigenvalue weighted by atomic mass is 28.4. The van der Waals surface area contributed by atoms with E-state index in [1.165, 1.54) is 5.56 Å². The lowest BCUT2D eigenvalue weighted by Gasteiger charge is -2.02. The first-order valence-corrected chi connectivity index (χ1v) is 11.1. The van der Waals surface area contributed by atoms with Gasteiger partial charge in [-0.3, -0.25) is 0 Å². The molecule has 0 unspecified atom stereocenters. The lowest BCUT2D eigenvalue weighted by molar-refractivity contribution is 0.437. The largest absolute Gasteiger partial charge is 0.447 e. The molecule has 0 aliphatic carbocycles. The average molecular weight is 287 g/mol. The van der Waals surface area contributed by atoms with Crippen LogP contribution in [-0.2, 0) is 12.3 Å². The van der Waals surface area contributed by atoms with E-state index in [0.717, 1.165) is 0 Å². The summed E-state index contributed by atoms with van der Waals surface area (Å²) in [6.45, 7) is 2.12. The Labute approximate surface area is 106 Å². The molecule has 0 spiro atoms. The molecule has 0 radical (unpaired) electrons. The molecule has 0 N–H and O–H groups in total. The standard InChI is InChI=1S/C9H18O3Si4/c1-13-10-15-12-16-11-14-8-7-9-5-3-2-4-6-9/h2-8H,13-16H2,1H3. The number of hydrogen-bond donors (Lipinski definition) is 0. The van der Waals surface area contributed by atoms with Gasteiger partial charge in [0.05, 0.1) is 0 Å². The fourth-order valence-corrected chi connectivity index (χ4v) is 6.40. The Morgan fingerprint density at radius 2 is 1.75 bits per heavy atom. The molecule has 0 aromatic heterocycles. The minimum Gasteiger partial charge on any atom is -0.447 e. The van der Waals surface area contributed by atoms with Crippen molar-refractivity contribution in [1.29, 1.82) is 0 Å². The fourth-order valence-electron chi connectivity index (χ4n) is 1.10. The molecule has 88 valence electrons. The second-order valence-corrected chi connectivity index (χ2v) is 9.87. The molecule has 0 bridgehead atoms. The van der Waals surface area contributed by atoms with Gasteiger partial charge in [-0.25, -0.2) is 0 Å². The van der Waals surface area contributed by atoms with E-state index in [-0.39, 0.29) is 9.76 Å². The Kier molecular flexibility index (Phi) is 8.52. The first kappa shape index (κ1) is 13.8. The second kappa shape index (κ2) is 9.90. The summed E-state index contributed by atoms with van der Waals surface area (Å²) in [5.41, 5.74) is 3.39. The Morgan fingerprint density at radius 1 is 1.00 bits per heavy atom. The third-order valence-corrected chi connectivity index (χ3v) is 7.53. The molecule has 16 heavy (non-hydrogen) atoms. The summed E-state index contributed by atoms with van der Waals surface area (Å²) in [5, 5.41) is 0. The van der Waals surface area contributed by atoms with E-state index in [1.54, 1.807) is 0 Å². The van der Waals surface area contributed by atoms with Gasteiger partial charge in [0.15, 0.2) is 9.76 Å². The predicted molar refractivity (Wildman–Crippen MR) is 78.8 cm³/mol. The number of rotatable bonds is 8. The van der Waals surface area contributed by atoms with Gasteiger partial charge >= 0.3 is 0 Å². The minimum atomic E-state index is -0.740. The van der Waals surface area contributed by atoms with Crippen LogP contribution in [-0.4, -0.2) is 39.5 Å². The van der Waals surface area contributed by atoms with Crippen LogP contribution in [0.4, 0.5) is 0 Å². The van der Waals surface area contributed by atoms with Crippen LogP contribution in [0.5, 0.6) is 0 Å². The van der Waals surface area contributed by atoms with E-state index in [0.29, 0.717) is 0 Å². The van der Waals surface area contributed by atoms with Crippen LogP contribution in [0.25, 0.3) is 6.08 Å². The number of benzene rings is 1. The lowest BCUT2D eigenvalue weighted by Crippen LogP contribution is -2.13. The summed E-state index contributed by atoms with van der Waals surface area (Å²) < 4.78 is 16.3. The quantitative estimate of drug-likeness (QED) is 0.449. The SMILES string of the molecule is C[SiH2]O[SiH2]O[SiH2]O[SiH2]C=Cc1ccccc1. The minimum absolute atomic E-state index is 0.264. The van der Waals surface area contributed by atoms with E-state index in [1.807, 2.05) is 18.2 Å². The van der Waals surface area contributed by atoms with Crippen molar-refractivity contribution in [3.05, 3.63) is 41.6 Å². The molecule has 1 aromatic carbocycles. The molecular weight excluding hydrogens is 268 g/mol. The maximum atomic E-state index is 5.54. The van der Waals surface area contributed by atoms with E-state index in [2.05, 4.69) is 30.5 Å². The van der Waals surface area contributed by atoms with Crippen molar-refractivity contribution in [2.45, 2.75) is 6.55 Å². The molecule has 3 nitrogen and oxygen atoms in total. The number of hydrogen-bond acceptors (Lipinski definition) is 3. The van der Waals surface area contributed by atoms with Gasteiger partial charge in [-0.05, 0) is 5.56 Å². The molecule has 0 heterocycles. The molecule has 0 fully saturated rings. The van der Waals surface area contributed by atoms with Gasteiger partial charge in [0.25, 0.3) is 20.0 Å². The Hall–Kier alpha value is -0.292. The normalized spacial score (nSPS) is 14.1. The van der Waals surface area contributed by atoms with Gasteiger partial charge < -0.3 is 12.3 Å². The first-order valence-electron chi connectivity index (χ1n) is 5.38. The Morgan fingerprint density at radius 3 is 2.50 bits per heavy atom. The van der Waals surface area contributed by atoms with Crippen molar-refractivity contribution in [2.75, 3.05) is 0 Å². The average Bonchev–Trinajstić information content (AvgIpc) is 2.34. The van der Waals surface area contributed by atoms with Crippen molar-refractivity contribution in [2.24, 2.45) is 0 Å². The van der Waals surface area contributed by atoms with Crippen LogP contribution in [0, 0.1) is 0 Å². The zero-order valence-electron chi connectivity index (χ0n) is 9.59. The van der Waals surface area contributed by atoms with Gasteiger partial charge in [-0.15, -0.1) is 0 Å². The van der Waals surface area contributed by atoms with Crippen molar-refractivity contribution >= 4 is 45.6 Å². The summed E-state index contributed by atoms with van der Waals surface area (Å²) in [6.07, 6.45) is 2.12. The first-order chi connectivity index (χ1) is 7.93. The van der Waals surface area contributed by atoms with Crippen LogP contribution in [0.3, 0.4) is 0 Å². The summed E-state index contributed by atoms with van der Waals surface area (Å²) in [5.74, 6) is 0. The highest BCUT2D eigenvalue weighted by molar-refractivity contribution is 6.48. The van der Waals surface area contributed by atoms with Gasteiger partial charge in [0, 0.05) is 0 Å². The Bertz CT molecular complexity index is 294. The third kappa shape index (κ3) is 7.06. The van der Waals surface area contributed by atoms with Gasteiger partial charge in [0.1, 0.15) is 9.76 Å². The topological polar surface area (TPSA) is 27.7 Å². The maximum absolute atomic E-state index is 5.54. The Balaban J connectivity index is 2.01. The maximum Gasteiger partial charge on any atom is 0.284 e. The molecule has 0 aliphatic rings. The van der Waals surface area contributed by atoms with E-state index in [9.17, 15) is 0 Å². The molecular formula is C9H18O3Si4. The highest BCUT2D eigenvalue weighted by Crippen LogP contribution is 1.99. The zero-order chi connectivity index (χ0) is 11.5. The third-order valence-electron chi connectivity index (χ3n) is 1.86. The molecule has 0 aliphatic heterocycles. The van der Waals surface area contributed by atoms with Gasteiger partial charge in [-0.1, -0.05) is 48.7 Å². The van der Waals surface area contributed by atoms with Crippen LogP contribution < -0.4 is 0 Å². The van der Waals surface area contributed by atoms with Crippen LogP contribution >= 0.6 is 0 Å². The van der Waals surface area contributed by atoms with Crippen LogP contribution in [0.1, 0.15) is 5.56 Å². The van der Waals surface area contributed by atoms with Crippen LogP contribution in [0.2, 0.25) is 6.55 Å². The summed E-state index contributed by atoms with van der Waals surface area (Å²) >= 11 is 0. The van der Waals surface area contributed by atoms with Crippen molar-refractivity contribution in [3.63, 3.8) is 0 Å². The molecule has 1 aromatic rings. The lowest BCUT2D eigenvalue weighted by atomic mass is 10.2. The fraction of sp³-hybridized carbons (Fsp3) is 0.111. The van der Waals surface area contributed by atoms with Crippen molar-refractivity contribution in [3.8, 4) is 0 Å². The molecule has 0 saturated heterocycles. The van der Waals surface area contributed by atoms with Crippen molar-refractivity contribution in [1.82, 2.24) is 0 Å². The highest BCUT2D eigenvalue weighted by Gasteiger charge is 1.89. The summed E-state index contributed by atoms with van der Waals surface area (Å²) in [6, 6.07) is 10.3. The van der Waals surface area contributed by atoms with E-state index < -0.39 is 29.8 Å². The van der Waals surface area contributed by atoms with Gasteiger partial charge in [0.2, 0.25) is 0 Å². The smallest absolute Gasteiger partial charge is 0.284 e. The molecule has 1 rings (SSSR count). The summed E-state index contributed by atoms with van der Waals surface area (Å²) in [7, 11) is -2.21. The van der Waals surface area contributed by atoms with Gasteiger partial charge in [-0.2, -0.15) is 0 Å². The van der Waals surface area contributed by atoms with E-state index >= 15 is 0 Å². The molecule has 0 saturated carbocycles. The molecule has 7 heteroatoms. The molecule has 0 amide bonds. The van der Waals surface area contributed by atoms with E-state index in [4.69, 9.17) is 12.3 Å². The van der Waals surface area contributed by atoms with Crippen molar-refractivity contribution < 1.29 is 12.3 Å². The van der Waals surface area contributed by atoms with Crippen LogP contribution in [0.15, 0.2) is 36.0 Å². The zero-order valence-corrected chi connectivity index (χ0v) is 15.3. The second-order valence-electron chi connectivity index (χ2n) is 3.12.